The van der Waals surface area contributed by atoms with Crippen LogP contribution in [-0.2, 0) is 30.8 Å². The molecule has 0 saturated carbocycles. The maximum absolute atomic E-state index is 13.8. The highest BCUT2D eigenvalue weighted by atomic mass is 16.6. The molecular weight excluding hydrogens is 851 g/mol. The lowest BCUT2D eigenvalue weighted by Gasteiger charge is -2.24. The predicted molar refractivity (Wildman–Crippen MR) is 244 cm³/mol. The molecule has 6 heterocycles. The summed E-state index contributed by atoms with van der Waals surface area (Å²) in [6.45, 7) is 14.2. The largest absolute Gasteiger partial charge is 0.494 e. The van der Waals surface area contributed by atoms with Crippen molar-refractivity contribution < 1.29 is 37.8 Å². The van der Waals surface area contributed by atoms with Crippen molar-refractivity contribution in [2.45, 2.75) is 86.5 Å². The van der Waals surface area contributed by atoms with E-state index in [-0.39, 0.29) is 48.4 Å². The molecule has 4 amide bonds. The fourth-order valence-electron chi connectivity index (χ4n) is 7.44. The van der Waals surface area contributed by atoms with Crippen molar-refractivity contribution in [1.82, 2.24) is 48.7 Å². The first-order valence-electron chi connectivity index (χ1n) is 21.3. The zero-order chi connectivity index (χ0) is 47.6. The second-order valence-corrected chi connectivity index (χ2v) is 16.4. The van der Waals surface area contributed by atoms with Crippen molar-refractivity contribution in [2.24, 2.45) is 11.5 Å². The molecule has 21 nitrogen and oxygen atoms in total. The van der Waals surface area contributed by atoms with Crippen molar-refractivity contribution in [3.8, 4) is 23.0 Å². The van der Waals surface area contributed by atoms with Crippen LogP contribution in [0, 0.1) is 13.8 Å². The second-order valence-electron chi connectivity index (χ2n) is 16.4. The van der Waals surface area contributed by atoms with Crippen molar-refractivity contribution in [3.63, 3.8) is 0 Å². The van der Waals surface area contributed by atoms with Crippen LogP contribution in [0.3, 0.4) is 0 Å². The Balaban J connectivity index is 1.29. The number of fused-ring (bicyclic) bond motifs is 4. The Bertz CT molecular complexity index is 3040. The van der Waals surface area contributed by atoms with Crippen molar-refractivity contribution in [2.75, 3.05) is 32.6 Å². The van der Waals surface area contributed by atoms with Gasteiger partial charge < -0.3 is 44.1 Å². The Morgan fingerprint density at radius 3 is 2.33 bits per heavy atom. The summed E-state index contributed by atoms with van der Waals surface area (Å²) in [7, 11) is 3.12. The van der Waals surface area contributed by atoms with Crippen molar-refractivity contribution in [3.05, 3.63) is 76.9 Å². The number of oxazole rings is 1. The minimum absolute atomic E-state index is 0.0124. The average Bonchev–Trinajstić information content (AvgIpc) is 4.03. The van der Waals surface area contributed by atoms with Gasteiger partial charge in [0.05, 0.1) is 36.0 Å². The van der Waals surface area contributed by atoms with Gasteiger partial charge in [-0.15, -0.1) is 0 Å². The first-order chi connectivity index (χ1) is 31.4. The maximum Gasteiger partial charge on any atom is 0.410 e. The van der Waals surface area contributed by atoms with Crippen molar-refractivity contribution in [1.29, 1.82) is 0 Å². The third kappa shape index (κ3) is 9.49. The first-order valence-corrected chi connectivity index (χ1v) is 21.3. The third-order valence-electron chi connectivity index (χ3n) is 10.4. The van der Waals surface area contributed by atoms with Gasteiger partial charge in [0.25, 0.3) is 11.8 Å². The smallest absolute Gasteiger partial charge is 0.410 e. The van der Waals surface area contributed by atoms with Gasteiger partial charge in [-0.05, 0) is 65.7 Å². The van der Waals surface area contributed by atoms with E-state index < -0.39 is 29.4 Å². The van der Waals surface area contributed by atoms with Crippen molar-refractivity contribution >= 4 is 62.9 Å². The summed E-state index contributed by atoms with van der Waals surface area (Å²) < 4.78 is 28.7. The number of aryl methyl sites for hydroxylation is 4. The van der Waals surface area contributed by atoms with E-state index >= 15 is 0 Å². The number of aromatic nitrogens is 9. The summed E-state index contributed by atoms with van der Waals surface area (Å²) in [5.41, 5.74) is 15.2. The molecule has 66 heavy (non-hydrogen) atoms. The molecule has 6 aromatic heterocycles. The number of carbonyl (C=O) groups excluding carboxylic acids is 4. The van der Waals surface area contributed by atoms with Gasteiger partial charge in [-0.2, -0.15) is 5.10 Å². The van der Waals surface area contributed by atoms with Gasteiger partial charge in [-0.3, -0.25) is 24.4 Å². The molecule has 0 radical (unpaired) electrons. The number of benzene rings is 1. The molecular formula is C45H53N13O8. The zero-order valence-electron chi connectivity index (χ0n) is 38.4. The van der Waals surface area contributed by atoms with Crippen LogP contribution in [0.1, 0.15) is 89.7 Å². The van der Waals surface area contributed by atoms with Gasteiger partial charge in [0.2, 0.25) is 17.6 Å². The number of primary amides is 2. The SMILES string of the molecule is CCc1nc(C)oc1C(=O)Nc1nc2cc(C(N)=O)cc(OCCCN(C)C(=O)OC(C)(C)C)c2n1C/C=C/Cn1c2nc(-c3cc(C)nn3CC)ncc2c2nc(C(N)=O)cc(OC)c21. The summed E-state index contributed by atoms with van der Waals surface area (Å²) in [4.78, 5) is 76.3. The number of ether oxygens (including phenoxy) is 3. The number of pyridine rings is 1. The van der Waals surface area contributed by atoms with E-state index in [1.807, 2.05) is 48.2 Å². The van der Waals surface area contributed by atoms with Crippen LogP contribution in [0.4, 0.5) is 10.7 Å². The number of amides is 4. The van der Waals surface area contributed by atoms with Crippen LogP contribution in [0.15, 0.2) is 47.0 Å². The fraction of sp³-hybridized carbons (Fsp3) is 0.378. The lowest BCUT2D eigenvalue weighted by molar-refractivity contribution is 0.0291. The number of hydrogen-bond acceptors (Lipinski definition) is 14. The number of rotatable bonds is 17. The van der Waals surface area contributed by atoms with Crippen LogP contribution >= 0.6 is 0 Å². The van der Waals surface area contributed by atoms with Gasteiger partial charge in [0, 0.05) is 58.0 Å². The van der Waals surface area contributed by atoms with Gasteiger partial charge in [0.15, 0.2) is 11.7 Å². The topological polar surface area (TPSA) is 269 Å². The maximum atomic E-state index is 13.8. The molecule has 21 heteroatoms. The number of nitrogens with zero attached hydrogens (tertiary/aromatic N) is 10. The van der Waals surface area contributed by atoms with E-state index in [1.54, 1.807) is 45.5 Å². The molecule has 7 rings (SSSR count). The normalized spacial score (nSPS) is 11.8. The van der Waals surface area contributed by atoms with Crippen LogP contribution in [-0.4, -0.2) is 105 Å². The quantitative estimate of drug-likeness (QED) is 0.0728. The monoisotopic (exact) mass is 903 g/mol. The number of nitrogens with two attached hydrogens (primary N) is 2. The van der Waals surface area contributed by atoms with E-state index in [2.05, 4.69) is 25.4 Å². The Hall–Kier alpha value is -7.84. The van der Waals surface area contributed by atoms with E-state index in [0.29, 0.717) is 82.2 Å². The predicted octanol–water partition coefficient (Wildman–Crippen LogP) is 5.73. The fourth-order valence-corrected chi connectivity index (χ4v) is 7.44. The van der Waals surface area contributed by atoms with Crippen LogP contribution in [0.5, 0.6) is 11.5 Å². The van der Waals surface area contributed by atoms with Crippen LogP contribution < -0.4 is 26.3 Å². The molecule has 0 fully saturated rings. The molecule has 0 unspecified atom stereocenters. The molecule has 0 bridgehead atoms. The second kappa shape index (κ2) is 18.7. The molecule has 0 spiro atoms. The van der Waals surface area contributed by atoms with Gasteiger partial charge >= 0.3 is 6.09 Å². The minimum Gasteiger partial charge on any atom is -0.494 e. The third-order valence-corrected chi connectivity index (χ3v) is 10.4. The number of carbonyl (C=O) groups is 4. The molecule has 5 N–H and O–H groups in total. The number of anilines is 1. The molecule has 1 aromatic carbocycles. The lowest BCUT2D eigenvalue weighted by atomic mass is 10.1. The molecule has 0 aliphatic carbocycles. The van der Waals surface area contributed by atoms with E-state index in [4.69, 9.17) is 40.1 Å². The van der Waals surface area contributed by atoms with Crippen LogP contribution in [0.25, 0.3) is 44.6 Å². The number of imidazole rings is 1. The highest BCUT2D eigenvalue weighted by Crippen LogP contribution is 2.35. The molecule has 0 aliphatic heterocycles. The van der Waals surface area contributed by atoms with Gasteiger partial charge in [-0.25, -0.2) is 29.7 Å². The summed E-state index contributed by atoms with van der Waals surface area (Å²) in [6.07, 6.45) is 5.79. The average molecular weight is 904 g/mol. The van der Waals surface area contributed by atoms with Gasteiger partial charge in [-0.1, -0.05) is 19.1 Å². The molecule has 0 saturated heterocycles. The highest BCUT2D eigenvalue weighted by Gasteiger charge is 2.25. The summed E-state index contributed by atoms with van der Waals surface area (Å²) in [5.74, 6) is -0.476. The van der Waals surface area contributed by atoms with E-state index in [0.717, 1.165) is 11.4 Å². The molecule has 7 aromatic rings. The van der Waals surface area contributed by atoms with E-state index in [1.165, 1.54) is 30.2 Å². The standard InChI is InChI=1S/C45H53N13O8/c1-10-28-37(65-25(4)49-28)42(61)53-43-51-29-20-26(38(46)59)21-33(64-18-14-15-55(8)44(62)66-45(5,6)7)35(29)57(43)17-13-12-16-56-36-32(63-9)22-30(39(47)60)50-34(36)27-23-48-40(52-41(27)56)31-19-24(3)54-58(31)11-2/h12-13,19-23H,10-11,14-18H2,1-9H3,(H2,46,59)(H2,47,60)(H,51,53,61)/b13-12+. The molecule has 346 valence electrons. The lowest BCUT2D eigenvalue weighted by Crippen LogP contribution is -2.35. The number of nitrogens with one attached hydrogen (secondary N) is 1. The Labute approximate surface area is 379 Å². The number of allylic oxidation sites excluding steroid dienone is 2. The summed E-state index contributed by atoms with van der Waals surface area (Å²) >= 11 is 0. The van der Waals surface area contributed by atoms with Crippen LogP contribution in [0.2, 0.25) is 0 Å². The van der Waals surface area contributed by atoms with Gasteiger partial charge in [0.1, 0.15) is 50.7 Å². The molecule has 0 atom stereocenters. The highest BCUT2D eigenvalue weighted by molar-refractivity contribution is 6.08. The first kappa shape index (κ1) is 46.2. The Morgan fingerprint density at radius 2 is 1.67 bits per heavy atom. The summed E-state index contributed by atoms with van der Waals surface area (Å²) in [6, 6.07) is 6.43. The Kier molecular flexibility index (Phi) is 13.1. The Morgan fingerprint density at radius 1 is 0.924 bits per heavy atom. The summed E-state index contributed by atoms with van der Waals surface area (Å²) in [5, 5.41) is 8.02. The van der Waals surface area contributed by atoms with E-state index in [9.17, 15) is 19.2 Å². The number of hydrogen-bond donors (Lipinski definition) is 3. The zero-order valence-corrected chi connectivity index (χ0v) is 38.4. The molecule has 0 aliphatic rings. The number of methoxy groups -OCH3 is 1. The minimum atomic E-state index is -0.727.